The van der Waals surface area contributed by atoms with E-state index in [1.165, 1.54) is 0 Å². The van der Waals surface area contributed by atoms with E-state index < -0.39 is 4.92 Å². The van der Waals surface area contributed by atoms with Crippen LogP contribution in [-0.4, -0.2) is 12.0 Å². The van der Waals surface area contributed by atoms with E-state index in [1.54, 1.807) is 38.3 Å². The maximum Gasteiger partial charge on any atom is 0.237 e. The zero-order valence-electron chi connectivity index (χ0n) is 8.06. The van der Waals surface area contributed by atoms with Crippen LogP contribution in [0.4, 0.5) is 0 Å². The molecule has 0 aliphatic heterocycles. The van der Waals surface area contributed by atoms with Crippen LogP contribution in [0, 0.1) is 10.1 Å². The van der Waals surface area contributed by atoms with Crippen molar-refractivity contribution < 1.29 is 9.66 Å². The third-order valence-electron chi connectivity index (χ3n) is 1.84. The van der Waals surface area contributed by atoms with Crippen molar-refractivity contribution in [1.29, 1.82) is 0 Å². The second kappa shape index (κ2) is 4.41. The molecular weight excluding hydrogens is 182 g/mol. The first kappa shape index (κ1) is 10.2. The Balaban J connectivity index is 2.92. The van der Waals surface area contributed by atoms with Crippen LogP contribution < -0.4 is 4.74 Å². The van der Waals surface area contributed by atoms with Crippen LogP contribution in [0.25, 0.3) is 5.57 Å². The summed E-state index contributed by atoms with van der Waals surface area (Å²) in [5, 5.41) is 10.2. The number of nitro groups is 1. The molecule has 0 atom stereocenters. The molecule has 4 heteroatoms. The van der Waals surface area contributed by atoms with Crippen molar-refractivity contribution in [3.05, 3.63) is 46.1 Å². The van der Waals surface area contributed by atoms with Gasteiger partial charge in [-0.3, -0.25) is 10.1 Å². The SMILES string of the molecule is COc1ccc(/C(C)=C\[N+](=O)[O-])cc1. The molecule has 0 unspecified atom stereocenters. The highest BCUT2D eigenvalue weighted by molar-refractivity contribution is 5.62. The number of hydrogen-bond acceptors (Lipinski definition) is 3. The molecule has 14 heavy (non-hydrogen) atoms. The van der Waals surface area contributed by atoms with Crippen LogP contribution in [0.15, 0.2) is 30.5 Å². The topological polar surface area (TPSA) is 52.4 Å². The summed E-state index contributed by atoms with van der Waals surface area (Å²) in [5.41, 5.74) is 1.44. The fourth-order valence-electron chi connectivity index (χ4n) is 1.09. The smallest absolute Gasteiger partial charge is 0.237 e. The van der Waals surface area contributed by atoms with Gasteiger partial charge in [0.05, 0.1) is 12.0 Å². The molecule has 0 aromatic heterocycles. The Morgan fingerprint density at radius 2 is 2.00 bits per heavy atom. The molecule has 0 heterocycles. The van der Waals surface area contributed by atoms with Crippen LogP contribution in [0.3, 0.4) is 0 Å². The zero-order chi connectivity index (χ0) is 10.6. The lowest BCUT2D eigenvalue weighted by Gasteiger charge is -2.01. The van der Waals surface area contributed by atoms with E-state index in [4.69, 9.17) is 4.74 Å². The molecule has 1 aromatic carbocycles. The van der Waals surface area contributed by atoms with Crippen molar-refractivity contribution in [2.24, 2.45) is 0 Å². The number of benzene rings is 1. The Morgan fingerprint density at radius 3 is 2.43 bits per heavy atom. The molecule has 0 saturated heterocycles. The molecule has 0 radical (unpaired) electrons. The average Bonchev–Trinajstić information content (AvgIpc) is 2.17. The van der Waals surface area contributed by atoms with E-state index in [2.05, 4.69) is 0 Å². The van der Waals surface area contributed by atoms with E-state index in [-0.39, 0.29) is 0 Å². The van der Waals surface area contributed by atoms with E-state index in [0.717, 1.165) is 17.5 Å². The third kappa shape index (κ3) is 2.58. The van der Waals surface area contributed by atoms with Gasteiger partial charge in [-0.25, -0.2) is 0 Å². The highest BCUT2D eigenvalue weighted by atomic mass is 16.6. The predicted molar refractivity (Wildman–Crippen MR) is 53.6 cm³/mol. The maximum atomic E-state index is 10.2. The quantitative estimate of drug-likeness (QED) is 0.546. The maximum absolute atomic E-state index is 10.2. The van der Waals surface area contributed by atoms with E-state index in [0.29, 0.717) is 5.57 Å². The van der Waals surface area contributed by atoms with Gasteiger partial charge in [0.15, 0.2) is 0 Å². The van der Waals surface area contributed by atoms with Gasteiger partial charge < -0.3 is 4.74 Å². The highest BCUT2D eigenvalue weighted by Crippen LogP contribution is 2.17. The molecule has 0 fully saturated rings. The first-order chi connectivity index (χ1) is 6.63. The van der Waals surface area contributed by atoms with Gasteiger partial charge in [-0.05, 0) is 24.6 Å². The molecule has 1 aromatic rings. The summed E-state index contributed by atoms with van der Waals surface area (Å²) in [7, 11) is 1.58. The lowest BCUT2D eigenvalue weighted by atomic mass is 10.1. The summed E-state index contributed by atoms with van der Waals surface area (Å²) in [4.78, 5) is 9.75. The fraction of sp³-hybridized carbons (Fsp3) is 0.200. The average molecular weight is 193 g/mol. The number of rotatable bonds is 3. The Morgan fingerprint density at radius 1 is 1.43 bits per heavy atom. The van der Waals surface area contributed by atoms with Crippen molar-refractivity contribution in [1.82, 2.24) is 0 Å². The van der Waals surface area contributed by atoms with Crippen LogP contribution in [0.5, 0.6) is 5.75 Å². The van der Waals surface area contributed by atoms with Gasteiger partial charge in [0, 0.05) is 5.57 Å². The standard InChI is InChI=1S/C10H11NO3/c1-8(7-11(12)13)9-3-5-10(14-2)6-4-9/h3-7H,1-2H3/b8-7-. The summed E-state index contributed by atoms with van der Waals surface area (Å²) in [6.07, 6.45) is 0.988. The van der Waals surface area contributed by atoms with Gasteiger partial charge in [0.25, 0.3) is 0 Å². The fourth-order valence-corrected chi connectivity index (χ4v) is 1.09. The van der Waals surface area contributed by atoms with Crippen molar-refractivity contribution in [3.8, 4) is 5.75 Å². The van der Waals surface area contributed by atoms with Crippen LogP contribution in [-0.2, 0) is 0 Å². The van der Waals surface area contributed by atoms with E-state index in [9.17, 15) is 10.1 Å². The van der Waals surface area contributed by atoms with Gasteiger partial charge in [-0.1, -0.05) is 12.1 Å². The Hall–Kier alpha value is -1.84. The molecule has 4 nitrogen and oxygen atoms in total. The molecular formula is C10H11NO3. The van der Waals surface area contributed by atoms with Gasteiger partial charge in [-0.15, -0.1) is 0 Å². The van der Waals surface area contributed by atoms with Crippen molar-refractivity contribution in [3.63, 3.8) is 0 Å². The monoisotopic (exact) mass is 193 g/mol. The minimum absolute atomic E-state index is 0.459. The number of allylic oxidation sites excluding steroid dienone is 1. The predicted octanol–water partition coefficient (Wildman–Crippen LogP) is 2.33. The molecule has 1 rings (SSSR count). The Bertz CT molecular complexity index is 354. The molecule has 0 saturated carbocycles. The number of nitrogens with zero attached hydrogens (tertiary/aromatic N) is 1. The lowest BCUT2D eigenvalue weighted by Crippen LogP contribution is -1.88. The van der Waals surface area contributed by atoms with Gasteiger partial charge >= 0.3 is 0 Å². The Kier molecular flexibility index (Phi) is 3.23. The first-order valence-corrected chi connectivity index (χ1v) is 4.10. The second-order valence-corrected chi connectivity index (χ2v) is 2.83. The van der Waals surface area contributed by atoms with Gasteiger partial charge in [0.1, 0.15) is 5.75 Å². The van der Waals surface area contributed by atoms with Crippen LogP contribution in [0.1, 0.15) is 12.5 Å². The number of hydrogen-bond donors (Lipinski definition) is 0. The first-order valence-electron chi connectivity index (χ1n) is 4.10. The lowest BCUT2D eigenvalue weighted by molar-refractivity contribution is -0.401. The van der Waals surface area contributed by atoms with Gasteiger partial charge in [-0.2, -0.15) is 0 Å². The third-order valence-corrected chi connectivity index (χ3v) is 1.84. The number of methoxy groups -OCH3 is 1. The summed E-state index contributed by atoms with van der Waals surface area (Å²) >= 11 is 0. The summed E-state index contributed by atoms with van der Waals surface area (Å²) in [6.45, 7) is 1.70. The van der Waals surface area contributed by atoms with Gasteiger partial charge in [0.2, 0.25) is 6.20 Å². The second-order valence-electron chi connectivity index (χ2n) is 2.83. The van der Waals surface area contributed by atoms with E-state index >= 15 is 0 Å². The zero-order valence-corrected chi connectivity index (χ0v) is 8.06. The van der Waals surface area contributed by atoms with Crippen LogP contribution >= 0.6 is 0 Å². The van der Waals surface area contributed by atoms with Crippen molar-refractivity contribution in [2.75, 3.05) is 7.11 Å². The molecule has 0 amide bonds. The van der Waals surface area contributed by atoms with Crippen molar-refractivity contribution >= 4 is 5.57 Å². The summed E-state index contributed by atoms with van der Waals surface area (Å²) in [6, 6.07) is 7.11. The van der Waals surface area contributed by atoms with Crippen molar-refractivity contribution in [2.45, 2.75) is 6.92 Å². The molecule has 0 N–H and O–H groups in total. The molecule has 0 spiro atoms. The largest absolute Gasteiger partial charge is 0.497 e. The minimum Gasteiger partial charge on any atom is -0.497 e. The highest BCUT2D eigenvalue weighted by Gasteiger charge is 2.00. The number of ether oxygens (including phenoxy) is 1. The molecule has 0 aliphatic rings. The summed E-state index contributed by atoms with van der Waals surface area (Å²) in [5.74, 6) is 0.739. The molecule has 0 bridgehead atoms. The molecule has 74 valence electrons. The van der Waals surface area contributed by atoms with E-state index in [1.807, 2.05) is 0 Å². The molecule has 0 aliphatic carbocycles. The normalized spacial score (nSPS) is 11.1. The minimum atomic E-state index is -0.459. The Labute approximate surface area is 82.0 Å². The summed E-state index contributed by atoms with van der Waals surface area (Å²) < 4.78 is 4.98. The van der Waals surface area contributed by atoms with Crippen LogP contribution in [0.2, 0.25) is 0 Å².